The molecule has 0 spiro atoms. The van der Waals surface area contributed by atoms with Crippen molar-refractivity contribution in [3.8, 4) is 0 Å². The maximum Gasteiger partial charge on any atom is 0.501 e. The number of hydrogen-bond donors (Lipinski definition) is 1. The molecule has 0 fully saturated rings. The minimum Gasteiger partial charge on any atom is -0.384 e. The number of nitrogens with zero attached hydrogens (tertiary/aromatic N) is 2. The molecule has 1 heterocycles. The van der Waals surface area contributed by atoms with Crippen molar-refractivity contribution >= 4 is 15.5 Å². The Morgan fingerprint density at radius 3 is 2.62 bits per heavy atom. The van der Waals surface area contributed by atoms with Crippen LogP contribution in [0.2, 0.25) is 0 Å². The molecule has 1 aromatic heterocycles. The number of aromatic nitrogens is 2. The van der Waals surface area contributed by atoms with Crippen molar-refractivity contribution in [3.05, 3.63) is 42.5 Å². The summed E-state index contributed by atoms with van der Waals surface area (Å²) in [5.41, 5.74) is -5.79. The Kier molecular flexibility index (Phi) is 5.16. The summed E-state index contributed by atoms with van der Waals surface area (Å²) in [6.45, 7) is 2.49. The molecule has 0 bridgehead atoms. The van der Waals surface area contributed by atoms with Crippen molar-refractivity contribution in [2.24, 2.45) is 5.92 Å². The average Bonchev–Trinajstić information content (AvgIpc) is 2.97. The van der Waals surface area contributed by atoms with Crippen LogP contribution < -0.4 is 5.32 Å². The van der Waals surface area contributed by atoms with Gasteiger partial charge >= 0.3 is 5.51 Å². The third-order valence-corrected chi connectivity index (χ3v) is 4.76. The first-order chi connectivity index (χ1) is 11.1. The highest BCUT2D eigenvalue weighted by Crippen LogP contribution is 2.34. The van der Waals surface area contributed by atoms with E-state index < -0.39 is 26.1 Å². The van der Waals surface area contributed by atoms with Crippen LogP contribution in [-0.2, 0) is 16.4 Å². The second-order valence-electron chi connectivity index (χ2n) is 5.30. The quantitative estimate of drug-likeness (QED) is 0.799. The Morgan fingerprint density at radius 1 is 1.33 bits per heavy atom. The van der Waals surface area contributed by atoms with Crippen LogP contribution in [-0.4, -0.2) is 30.3 Å². The van der Waals surface area contributed by atoms with E-state index in [0.717, 1.165) is 12.1 Å². The van der Waals surface area contributed by atoms with Crippen molar-refractivity contribution < 1.29 is 26.0 Å². The van der Waals surface area contributed by atoms with Gasteiger partial charge in [-0.1, -0.05) is 6.92 Å². The van der Waals surface area contributed by atoms with Gasteiger partial charge < -0.3 is 5.32 Å². The lowest BCUT2D eigenvalue weighted by atomic mass is 10.2. The maximum absolute atomic E-state index is 13.2. The zero-order chi connectivity index (χ0) is 18.0. The van der Waals surface area contributed by atoms with Crippen LogP contribution in [0, 0.1) is 11.7 Å². The Balaban J connectivity index is 2.19. The van der Waals surface area contributed by atoms with Crippen molar-refractivity contribution in [1.82, 2.24) is 9.78 Å². The summed E-state index contributed by atoms with van der Waals surface area (Å²) in [4.78, 5) is -1.12. The molecule has 24 heavy (non-hydrogen) atoms. The van der Waals surface area contributed by atoms with Gasteiger partial charge in [0.2, 0.25) is 0 Å². The highest BCUT2D eigenvalue weighted by atomic mass is 32.2. The maximum atomic E-state index is 13.2. The van der Waals surface area contributed by atoms with E-state index in [1.807, 2.05) is 6.92 Å². The van der Waals surface area contributed by atoms with E-state index in [1.165, 1.54) is 0 Å². The normalized spacial score (nSPS) is 13.7. The Hall–Kier alpha value is -2.10. The van der Waals surface area contributed by atoms with Gasteiger partial charge in [-0.3, -0.25) is 4.68 Å². The molecular weight excluding hydrogens is 350 g/mol. The molecule has 2 rings (SSSR count). The summed E-state index contributed by atoms with van der Waals surface area (Å²) < 4.78 is 76.2. The van der Waals surface area contributed by atoms with Crippen LogP contribution in [0.4, 0.5) is 23.2 Å². The minimum atomic E-state index is -5.65. The van der Waals surface area contributed by atoms with Gasteiger partial charge in [-0.2, -0.15) is 18.3 Å². The van der Waals surface area contributed by atoms with E-state index in [1.54, 1.807) is 23.1 Å². The molecular formula is C14H15F4N3O2S. The van der Waals surface area contributed by atoms with Crippen LogP contribution in [0.5, 0.6) is 0 Å². The van der Waals surface area contributed by atoms with E-state index in [0.29, 0.717) is 12.6 Å². The number of rotatable bonds is 6. The lowest BCUT2D eigenvalue weighted by molar-refractivity contribution is -0.0435. The number of anilines is 1. The fourth-order valence-electron chi connectivity index (χ4n) is 2.07. The van der Waals surface area contributed by atoms with E-state index in [2.05, 4.69) is 10.4 Å². The smallest absolute Gasteiger partial charge is 0.384 e. The summed E-state index contributed by atoms with van der Waals surface area (Å²) in [5, 5.41) is 6.65. The molecule has 0 aliphatic carbocycles. The highest BCUT2D eigenvalue weighted by Gasteiger charge is 2.48. The number of hydrogen-bond acceptors (Lipinski definition) is 4. The third kappa shape index (κ3) is 4.05. The predicted molar refractivity (Wildman–Crippen MR) is 79.5 cm³/mol. The largest absolute Gasteiger partial charge is 0.501 e. The summed E-state index contributed by atoms with van der Waals surface area (Å²) in [7, 11) is -5.65. The molecule has 0 radical (unpaired) electrons. The molecule has 1 unspecified atom stereocenters. The number of nitrogens with one attached hydrogen (secondary N) is 1. The molecule has 5 nitrogen and oxygen atoms in total. The molecule has 0 aliphatic rings. The lowest BCUT2D eigenvalue weighted by Gasteiger charge is -2.17. The number of alkyl halides is 3. The molecule has 2 aromatic rings. The first-order valence-corrected chi connectivity index (χ1v) is 8.42. The zero-order valence-electron chi connectivity index (χ0n) is 12.6. The standard InChI is InChI=1S/C14H15F4N3O2S/c1-10(9-21-6-2-5-20-21)8-19-12-4-3-11(15)7-13(12)24(22,23)14(16,17)18/h2-7,10,19H,8-9H2,1H3. The molecule has 0 saturated heterocycles. The van der Waals surface area contributed by atoms with Crippen LogP contribution in [0.15, 0.2) is 41.6 Å². The molecule has 1 atom stereocenters. The van der Waals surface area contributed by atoms with E-state index >= 15 is 0 Å². The van der Waals surface area contributed by atoms with Gasteiger partial charge in [0.15, 0.2) is 0 Å². The molecule has 0 saturated carbocycles. The first-order valence-electron chi connectivity index (χ1n) is 6.93. The van der Waals surface area contributed by atoms with Gasteiger partial charge in [-0.15, -0.1) is 0 Å². The Labute approximate surface area is 136 Å². The van der Waals surface area contributed by atoms with Crippen molar-refractivity contribution in [2.45, 2.75) is 23.9 Å². The molecule has 0 amide bonds. The van der Waals surface area contributed by atoms with Crippen LogP contribution in [0.1, 0.15) is 6.92 Å². The zero-order valence-corrected chi connectivity index (χ0v) is 13.4. The van der Waals surface area contributed by atoms with E-state index in [-0.39, 0.29) is 18.2 Å². The van der Waals surface area contributed by atoms with Crippen LogP contribution in [0.3, 0.4) is 0 Å². The highest BCUT2D eigenvalue weighted by molar-refractivity contribution is 7.92. The molecule has 1 aromatic carbocycles. The van der Waals surface area contributed by atoms with Crippen molar-refractivity contribution in [1.29, 1.82) is 0 Å². The third-order valence-electron chi connectivity index (χ3n) is 3.24. The topological polar surface area (TPSA) is 64.0 Å². The first kappa shape index (κ1) is 18.2. The second-order valence-corrected chi connectivity index (χ2v) is 7.21. The summed E-state index contributed by atoms with van der Waals surface area (Å²) in [5.74, 6) is -1.12. The summed E-state index contributed by atoms with van der Waals surface area (Å²) in [6, 6.07) is 3.97. The minimum absolute atomic E-state index is 0.0589. The fraction of sp³-hybridized carbons (Fsp3) is 0.357. The van der Waals surface area contributed by atoms with Gasteiger partial charge in [0.1, 0.15) is 10.7 Å². The molecule has 10 heteroatoms. The Morgan fingerprint density at radius 2 is 2.04 bits per heavy atom. The van der Waals surface area contributed by atoms with Crippen molar-refractivity contribution in [2.75, 3.05) is 11.9 Å². The summed E-state index contributed by atoms with van der Waals surface area (Å²) in [6.07, 6.45) is 3.32. The molecule has 132 valence electrons. The van der Waals surface area contributed by atoms with Gasteiger partial charge in [-0.05, 0) is 30.2 Å². The second kappa shape index (κ2) is 6.80. The van der Waals surface area contributed by atoms with Crippen molar-refractivity contribution in [3.63, 3.8) is 0 Å². The molecule has 1 N–H and O–H groups in total. The van der Waals surface area contributed by atoms with E-state index in [4.69, 9.17) is 0 Å². The monoisotopic (exact) mass is 365 g/mol. The molecule has 0 aliphatic heterocycles. The number of benzene rings is 1. The number of halogens is 4. The van der Waals surface area contributed by atoms with Gasteiger partial charge in [0.05, 0.1) is 5.69 Å². The van der Waals surface area contributed by atoms with Crippen LogP contribution >= 0.6 is 0 Å². The average molecular weight is 365 g/mol. The van der Waals surface area contributed by atoms with E-state index in [9.17, 15) is 26.0 Å². The summed E-state index contributed by atoms with van der Waals surface area (Å²) >= 11 is 0. The SMILES string of the molecule is CC(CNc1ccc(F)cc1S(=O)(=O)C(F)(F)F)Cn1cccn1. The fourth-order valence-corrected chi connectivity index (χ4v) is 3.01. The predicted octanol–water partition coefficient (Wildman–Crippen LogP) is 3.06. The lowest BCUT2D eigenvalue weighted by Crippen LogP contribution is -2.25. The van der Waals surface area contributed by atoms with Gasteiger partial charge in [0, 0.05) is 25.5 Å². The Bertz CT molecular complexity index is 789. The van der Waals surface area contributed by atoms with Gasteiger partial charge in [-0.25, -0.2) is 12.8 Å². The van der Waals surface area contributed by atoms with Crippen LogP contribution in [0.25, 0.3) is 0 Å². The number of sulfone groups is 1. The van der Waals surface area contributed by atoms with Gasteiger partial charge in [0.25, 0.3) is 9.84 Å².